The Bertz CT molecular complexity index is 1250. The number of rotatable bonds is 4. The summed E-state index contributed by atoms with van der Waals surface area (Å²) in [6.07, 6.45) is 6.66. The standard InChI is InChI=1S/C31H38F2O7/c1-16-10-22-20-6-4-17-11-19(34)8-9-27(17,2)30(20,33)24(35)14-28(22,3)31(16,25(36)38-15-32)40-26(37)39-23-13-29-12-18(29)5-7-21(23)29/h8-9,11,16,18,20-24,35H,4-7,10,12-15H2,1-3H3/t16-,18-,20+,21-,22+,23-,24+,27+,28+,29?,30+,31+/m1/s1. The number of ether oxygens (including phenoxy) is 3. The lowest BCUT2D eigenvalue weighted by Crippen LogP contribution is -2.70. The van der Waals surface area contributed by atoms with Gasteiger partial charge in [0.05, 0.1) is 6.10 Å². The monoisotopic (exact) mass is 560 g/mol. The second kappa shape index (κ2) is 8.17. The van der Waals surface area contributed by atoms with Crippen LogP contribution in [0, 0.1) is 45.8 Å². The number of fused-ring (bicyclic) bond motifs is 5. The van der Waals surface area contributed by atoms with E-state index < -0.39 is 64.9 Å². The Hall–Kier alpha value is -2.29. The van der Waals surface area contributed by atoms with Crippen LogP contribution in [0.3, 0.4) is 0 Å². The molecule has 0 saturated heterocycles. The Labute approximate surface area is 232 Å². The van der Waals surface area contributed by atoms with Crippen molar-refractivity contribution >= 4 is 17.9 Å². The van der Waals surface area contributed by atoms with Gasteiger partial charge in [0.2, 0.25) is 12.5 Å². The third-order valence-corrected chi connectivity index (χ3v) is 13.0. The van der Waals surface area contributed by atoms with Gasteiger partial charge in [0.25, 0.3) is 0 Å². The number of hydrogen-bond donors (Lipinski definition) is 1. The molecule has 218 valence electrons. The molecule has 1 unspecified atom stereocenters. The average Bonchev–Trinajstić information content (AvgIpc) is 3.48. The number of carbonyl (C=O) groups is 3. The number of hydrogen-bond acceptors (Lipinski definition) is 7. The summed E-state index contributed by atoms with van der Waals surface area (Å²) in [5.74, 6) is -2.00. The molecule has 7 aliphatic carbocycles. The summed E-state index contributed by atoms with van der Waals surface area (Å²) >= 11 is 0. The summed E-state index contributed by atoms with van der Waals surface area (Å²) in [5, 5.41) is 11.6. The van der Waals surface area contributed by atoms with Gasteiger partial charge in [0, 0.05) is 28.6 Å². The van der Waals surface area contributed by atoms with E-state index in [1.807, 2.05) is 0 Å². The molecule has 0 heterocycles. The molecule has 0 aromatic rings. The smallest absolute Gasteiger partial charge is 0.431 e. The van der Waals surface area contributed by atoms with Crippen molar-refractivity contribution in [3.8, 4) is 0 Å². The van der Waals surface area contributed by atoms with E-state index >= 15 is 4.39 Å². The molecule has 0 bridgehead atoms. The molecular weight excluding hydrogens is 522 g/mol. The maximum Gasteiger partial charge on any atom is 0.509 e. The second-order valence-corrected chi connectivity index (χ2v) is 14.2. The third kappa shape index (κ3) is 2.95. The first-order chi connectivity index (χ1) is 18.9. The highest BCUT2D eigenvalue weighted by Gasteiger charge is 2.78. The average molecular weight is 561 g/mol. The minimum Gasteiger partial charge on any atom is -0.431 e. The van der Waals surface area contributed by atoms with E-state index in [1.165, 1.54) is 18.6 Å². The van der Waals surface area contributed by atoms with Gasteiger partial charge in [0.1, 0.15) is 6.10 Å². The number of aliphatic hydroxyl groups is 1. The van der Waals surface area contributed by atoms with E-state index in [2.05, 4.69) is 0 Å². The van der Waals surface area contributed by atoms with Crippen LogP contribution in [0.5, 0.6) is 0 Å². The lowest BCUT2D eigenvalue weighted by Gasteiger charge is -2.62. The quantitative estimate of drug-likeness (QED) is 0.475. The van der Waals surface area contributed by atoms with Gasteiger partial charge >= 0.3 is 12.1 Å². The van der Waals surface area contributed by atoms with Gasteiger partial charge in [-0.1, -0.05) is 25.5 Å². The van der Waals surface area contributed by atoms with Crippen LogP contribution in [0.1, 0.15) is 72.1 Å². The molecule has 0 aliphatic heterocycles. The first kappa shape index (κ1) is 26.6. The zero-order valence-corrected chi connectivity index (χ0v) is 23.3. The summed E-state index contributed by atoms with van der Waals surface area (Å²) in [4.78, 5) is 39.1. The molecule has 12 atom stereocenters. The summed E-state index contributed by atoms with van der Waals surface area (Å²) in [6, 6.07) is 0. The van der Waals surface area contributed by atoms with E-state index in [0.29, 0.717) is 36.2 Å². The molecule has 7 aliphatic rings. The van der Waals surface area contributed by atoms with E-state index in [1.54, 1.807) is 26.8 Å². The van der Waals surface area contributed by atoms with Gasteiger partial charge in [-0.25, -0.2) is 18.4 Å². The summed E-state index contributed by atoms with van der Waals surface area (Å²) in [5.41, 5.74) is -5.52. The van der Waals surface area contributed by atoms with Gasteiger partial charge in [-0.15, -0.1) is 0 Å². The van der Waals surface area contributed by atoms with Crippen molar-refractivity contribution in [1.82, 2.24) is 0 Å². The van der Waals surface area contributed by atoms with Crippen molar-refractivity contribution in [1.29, 1.82) is 0 Å². The van der Waals surface area contributed by atoms with E-state index in [0.717, 1.165) is 25.2 Å². The van der Waals surface area contributed by atoms with Crippen LogP contribution in [-0.4, -0.2) is 53.4 Å². The minimum atomic E-state index is -2.11. The largest absolute Gasteiger partial charge is 0.509 e. The van der Waals surface area contributed by atoms with Gasteiger partial charge < -0.3 is 19.3 Å². The van der Waals surface area contributed by atoms with Crippen molar-refractivity contribution in [2.24, 2.45) is 45.8 Å². The van der Waals surface area contributed by atoms with Gasteiger partial charge in [0.15, 0.2) is 11.5 Å². The van der Waals surface area contributed by atoms with Crippen molar-refractivity contribution < 1.29 is 42.5 Å². The van der Waals surface area contributed by atoms with Crippen molar-refractivity contribution in [2.75, 3.05) is 6.86 Å². The fourth-order valence-electron chi connectivity index (χ4n) is 11.0. The van der Waals surface area contributed by atoms with E-state index in [-0.39, 0.29) is 18.3 Å². The minimum absolute atomic E-state index is 0.203. The highest BCUT2D eigenvalue weighted by Crippen LogP contribution is 2.77. The molecule has 40 heavy (non-hydrogen) atoms. The van der Waals surface area contributed by atoms with Crippen LogP contribution in [0.4, 0.5) is 13.6 Å². The maximum absolute atomic E-state index is 17.5. The molecule has 0 radical (unpaired) electrons. The SMILES string of the molecule is C[C@@H]1C[C@H]2[C@@H]3CCC4=CC(=O)C=C[C@]4(C)[C@@]3(F)[C@@H](O)C[C@]2(C)[C@@]1(OC(=O)O[C@@H]1CC23C[C@H]2CC[C@H]13)C(=O)OCF. The lowest BCUT2D eigenvalue weighted by atomic mass is 9.44. The molecule has 6 fully saturated rings. The highest BCUT2D eigenvalue weighted by molar-refractivity contribution is 6.01. The zero-order valence-electron chi connectivity index (χ0n) is 23.3. The Morgan fingerprint density at radius 2 is 1.88 bits per heavy atom. The van der Waals surface area contributed by atoms with Crippen LogP contribution >= 0.6 is 0 Å². The number of alkyl halides is 2. The molecule has 7 nitrogen and oxygen atoms in total. The number of esters is 1. The van der Waals surface area contributed by atoms with Gasteiger partial charge in [-0.3, -0.25) is 4.79 Å². The molecule has 1 N–H and O–H groups in total. The topological polar surface area (TPSA) is 99.1 Å². The first-order valence-electron chi connectivity index (χ1n) is 14.8. The predicted octanol–water partition coefficient (Wildman–Crippen LogP) is 5.15. The summed E-state index contributed by atoms with van der Waals surface area (Å²) in [7, 11) is 0. The van der Waals surface area contributed by atoms with E-state index in [4.69, 9.17) is 14.2 Å². The number of carbonyl (C=O) groups excluding carboxylic acids is 3. The molecule has 9 heteroatoms. The highest BCUT2D eigenvalue weighted by atomic mass is 19.1. The van der Waals surface area contributed by atoms with E-state index in [9.17, 15) is 23.9 Å². The second-order valence-electron chi connectivity index (χ2n) is 14.2. The molecule has 0 aromatic heterocycles. The predicted molar refractivity (Wildman–Crippen MR) is 137 cm³/mol. The number of halogens is 2. The molecule has 0 aromatic carbocycles. The number of ketones is 1. The summed E-state index contributed by atoms with van der Waals surface area (Å²) < 4.78 is 47.6. The molecular formula is C31H38F2O7. The first-order valence-corrected chi connectivity index (χ1v) is 14.8. The molecule has 7 rings (SSSR count). The van der Waals surface area contributed by atoms with Crippen LogP contribution < -0.4 is 0 Å². The number of allylic oxidation sites excluding steroid dienone is 4. The van der Waals surface area contributed by atoms with Crippen molar-refractivity contribution in [3.63, 3.8) is 0 Å². The zero-order chi connectivity index (χ0) is 28.5. The Balaban J connectivity index is 1.22. The normalized spacial score (nSPS) is 53.1. The lowest BCUT2D eigenvalue weighted by molar-refractivity contribution is -0.234. The fourth-order valence-corrected chi connectivity index (χ4v) is 11.0. The molecule has 6 saturated carbocycles. The Morgan fingerprint density at radius 3 is 2.58 bits per heavy atom. The number of aliphatic hydroxyl groups excluding tert-OH is 1. The molecule has 0 amide bonds. The maximum atomic E-state index is 17.5. The summed E-state index contributed by atoms with van der Waals surface area (Å²) in [6.45, 7) is 3.79. The van der Waals surface area contributed by atoms with Crippen molar-refractivity contribution in [3.05, 3.63) is 23.8 Å². The van der Waals surface area contributed by atoms with Crippen molar-refractivity contribution in [2.45, 2.75) is 95.6 Å². The van der Waals surface area contributed by atoms with Crippen LogP contribution in [-0.2, 0) is 23.8 Å². The van der Waals surface area contributed by atoms with Crippen LogP contribution in [0.2, 0.25) is 0 Å². The van der Waals surface area contributed by atoms with Crippen LogP contribution in [0.25, 0.3) is 0 Å². The van der Waals surface area contributed by atoms with Gasteiger partial charge in [-0.05, 0) is 87.7 Å². The fraction of sp³-hybridized carbons (Fsp3) is 0.774. The third-order valence-electron chi connectivity index (χ3n) is 13.0. The van der Waals surface area contributed by atoms with Gasteiger partial charge in [-0.2, -0.15) is 0 Å². The Kier molecular flexibility index (Phi) is 5.43. The van der Waals surface area contributed by atoms with Crippen LogP contribution in [0.15, 0.2) is 23.8 Å². The Morgan fingerprint density at radius 1 is 1.10 bits per heavy atom. The molecule has 1 spiro atoms.